The molecule has 0 saturated heterocycles. The molecule has 37 heavy (non-hydrogen) atoms. The predicted molar refractivity (Wildman–Crippen MR) is 155 cm³/mol. The van der Waals surface area contributed by atoms with E-state index in [4.69, 9.17) is 16.3 Å². The molecule has 1 aromatic heterocycles. The standard InChI is InChI=1S/C29H28ClN3O2S2/c1-29(2,3)23-10-4-21(5-11-23)17-35-25-14-6-20(7-15-25)16-31-33-27(34)19-37-28-32-26(18-36-28)22-8-12-24(30)13-9-22/h4-16,18H,17,19H2,1-3H3,(H,33,34)/b31-16+. The van der Waals surface area contributed by atoms with Gasteiger partial charge in [-0.25, -0.2) is 10.4 Å². The van der Waals surface area contributed by atoms with E-state index in [2.05, 4.69) is 60.5 Å². The summed E-state index contributed by atoms with van der Waals surface area (Å²) in [5, 5.41) is 6.72. The number of carbonyl (C=O) groups excluding carboxylic acids is 1. The van der Waals surface area contributed by atoms with Crippen molar-refractivity contribution in [2.24, 2.45) is 5.10 Å². The zero-order chi connectivity index (χ0) is 26.3. The van der Waals surface area contributed by atoms with Gasteiger partial charge >= 0.3 is 0 Å². The molecule has 0 radical (unpaired) electrons. The van der Waals surface area contributed by atoms with Crippen LogP contribution in [0.5, 0.6) is 5.75 Å². The van der Waals surface area contributed by atoms with E-state index in [1.807, 2.05) is 53.9 Å². The van der Waals surface area contributed by atoms with Crippen LogP contribution in [0, 0.1) is 0 Å². The van der Waals surface area contributed by atoms with E-state index in [1.54, 1.807) is 6.21 Å². The molecule has 4 rings (SSSR count). The van der Waals surface area contributed by atoms with E-state index < -0.39 is 0 Å². The van der Waals surface area contributed by atoms with E-state index >= 15 is 0 Å². The second-order valence-electron chi connectivity index (χ2n) is 9.39. The molecule has 0 bridgehead atoms. The van der Waals surface area contributed by atoms with Gasteiger partial charge in [-0.1, -0.05) is 80.5 Å². The van der Waals surface area contributed by atoms with Crippen LogP contribution in [0.15, 0.2) is 87.6 Å². The zero-order valence-corrected chi connectivity index (χ0v) is 23.3. The molecule has 3 aromatic carbocycles. The van der Waals surface area contributed by atoms with Crippen LogP contribution in [-0.2, 0) is 16.8 Å². The van der Waals surface area contributed by atoms with Crippen molar-refractivity contribution >= 4 is 46.8 Å². The summed E-state index contributed by atoms with van der Waals surface area (Å²) < 4.78 is 6.72. The van der Waals surface area contributed by atoms with Gasteiger partial charge in [-0.2, -0.15) is 5.10 Å². The van der Waals surface area contributed by atoms with E-state index in [1.165, 1.54) is 28.7 Å². The minimum absolute atomic E-state index is 0.138. The van der Waals surface area contributed by atoms with E-state index in [0.717, 1.165) is 32.5 Å². The average molecular weight is 550 g/mol. The Morgan fingerprint density at radius 3 is 2.43 bits per heavy atom. The molecule has 1 heterocycles. The molecule has 0 fully saturated rings. The SMILES string of the molecule is CC(C)(C)c1ccc(COc2ccc(/C=N/NC(=O)CSc3nc(-c4ccc(Cl)cc4)cs3)cc2)cc1. The van der Waals surface area contributed by atoms with Crippen molar-refractivity contribution in [1.82, 2.24) is 10.4 Å². The first-order chi connectivity index (χ1) is 17.8. The summed E-state index contributed by atoms with van der Waals surface area (Å²) in [5.41, 5.74) is 7.85. The van der Waals surface area contributed by atoms with E-state index in [9.17, 15) is 4.79 Å². The molecular weight excluding hydrogens is 522 g/mol. The molecule has 0 aliphatic carbocycles. The number of amides is 1. The molecule has 1 amide bonds. The van der Waals surface area contributed by atoms with Crippen LogP contribution in [0.4, 0.5) is 0 Å². The monoisotopic (exact) mass is 549 g/mol. The zero-order valence-electron chi connectivity index (χ0n) is 20.9. The molecule has 4 aromatic rings. The summed E-state index contributed by atoms with van der Waals surface area (Å²) in [7, 11) is 0. The van der Waals surface area contributed by atoms with Crippen molar-refractivity contribution in [1.29, 1.82) is 0 Å². The van der Waals surface area contributed by atoms with Crippen molar-refractivity contribution in [2.45, 2.75) is 37.1 Å². The number of hydrogen-bond acceptors (Lipinski definition) is 6. The number of hydrogen-bond donors (Lipinski definition) is 1. The van der Waals surface area contributed by atoms with Gasteiger partial charge in [0.05, 0.1) is 17.7 Å². The first-order valence-corrected chi connectivity index (χ1v) is 14.0. The van der Waals surface area contributed by atoms with E-state index in [-0.39, 0.29) is 17.1 Å². The van der Waals surface area contributed by atoms with Crippen LogP contribution < -0.4 is 10.2 Å². The Labute approximate surface area is 230 Å². The van der Waals surface area contributed by atoms with Crippen LogP contribution in [0.2, 0.25) is 5.02 Å². The molecule has 0 aliphatic heterocycles. The van der Waals surface area contributed by atoms with Gasteiger partial charge in [0.1, 0.15) is 12.4 Å². The van der Waals surface area contributed by atoms with Crippen LogP contribution >= 0.6 is 34.7 Å². The highest BCUT2D eigenvalue weighted by Gasteiger charge is 2.13. The Morgan fingerprint density at radius 2 is 1.76 bits per heavy atom. The third-order valence-electron chi connectivity index (χ3n) is 5.46. The lowest BCUT2D eigenvalue weighted by Gasteiger charge is -2.19. The Morgan fingerprint density at radius 1 is 1.05 bits per heavy atom. The van der Waals surface area contributed by atoms with Gasteiger partial charge in [0, 0.05) is 16.0 Å². The molecule has 5 nitrogen and oxygen atoms in total. The molecule has 8 heteroatoms. The third kappa shape index (κ3) is 8.18. The van der Waals surface area contributed by atoms with Gasteiger partial charge in [-0.15, -0.1) is 11.3 Å². The second kappa shape index (κ2) is 12.4. The van der Waals surface area contributed by atoms with Crippen molar-refractivity contribution in [3.8, 4) is 17.0 Å². The molecule has 190 valence electrons. The third-order valence-corrected chi connectivity index (χ3v) is 7.73. The summed E-state index contributed by atoms with van der Waals surface area (Å²) in [6.07, 6.45) is 1.61. The number of thiazole rings is 1. The number of carbonyl (C=O) groups is 1. The Balaban J connectivity index is 1.19. The van der Waals surface area contributed by atoms with Gasteiger partial charge in [0.15, 0.2) is 4.34 Å². The quantitative estimate of drug-likeness (QED) is 0.133. The fourth-order valence-electron chi connectivity index (χ4n) is 3.33. The minimum atomic E-state index is -0.193. The van der Waals surface area contributed by atoms with Crippen molar-refractivity contribution in [3.63, 3.8) is 0 Å². The molecular formula is C29H28ClN3O2S2. The Bertz CT molecular complexity index is 1340. The summed E-state index contributed by atoms with van der Waals surface area (Å²) in [5.74, 6) is 0.815. The number of aromatic nitrogens is 1. The van der Waals surface area contributed by atoms with Gasteiger partial charge in [-0.3, -0.25) is 4.79 Å². The minimum Gasteiger partial charge on any atom is -0.489 e. The smallest absolute Gasteiger partial charge is 0.250 e. The highest BCUT2D eigenvalue weighted by atomic mass is 35.5. The topological polar surface area (TPSA) is 63.6 Å². The summed E-state index contributed by atoms with van der Waals surface area (Å²) in [6.45, 7) is 7.12. The second-order valence-corrected chi connectivity index (χ2v) is 11.9. The summed E-state index contributed by atoms with van der Waals surface area (Å²) in [4.78, 5) is 16.7. The maximum Gasteiger partial charge on any atom is 0.250 e. The lowest BCUT2D eigenvalue weighted by atomic mass is 9.87. The molecule has 0 saturated carbocycles. The number of halogens is 1. The largest absolute Gasteiger partial charge is 0.489 e. The Hall–Kier alpha value is -3.13. The highest BCUT2D eigenvalue weighted by Crippen LogP contribution is 2.29. The first-order valence-electron chi connectivity index (χ1n) is 11.7. The van der Waals surface area contributed by atoms with Gasteiger partial charge in [-0.05, 0) is 58.5 Å². The van der Waals surface area contributed by atoms with Crippen molar-refractivity contribution in [2.75, 3.05) is 5.75 Å². The number of hydrazone groups is 1. The van der Waals surface area contributed by atoms with Crippen LogP contribution in [0.25, 0.3) is 11.3 Å². The first kappa shape index (κ1) is 26.9. The van der Waals surface area contributed by atoms with Crippen LogP contribution in [-0.4, -0.2) is 22.9 Å². The van der Waals surface area contributed by atoms with Gasteiger partial charge in [0.25, 0.3) is 5.91 Å². The molecule has 0 spiro atoms. The summed E-state index contributed by atoms with van der Waals surface area (Å²) in [6, 6.07) is 23.6. The van der Waals surface area contributed by atoms with Gasteiger partial charge < -0.3 is 4.74 Å². The summed E-state index contributed by atoms with van der Waals surface area (Å²) >= 11 is 8.83. The average Bonchev–Trinajstić information content (AvgIpc) is 3.36. The van der Waals surface area contributed by atoms with Crippen molar-refractivity contribution < 1.29 is 9.53 Å². The maximum atomic E-state index is 12.2. The number of rotatable bonds is 9. The molecule has 0 atom stereocenters. The Kier molecular flexibility index (Phi) is 9.03. The number of benzene rings is 3. The number of nitrogens with zero attached hydrogens (tertiary/aromatic N) is 2. The van der Waals surface area contributed by atoms with Crippen LogP contribution in [0.1, 0.15) is 37.5 Å². The molecule has 0 aliphatic rings. The molecule has 0 unspecified atom stereocenters. The normalized spacial score (nSPS) is 11.6. The maximum absolute atomic E-state index is 12.2. The van der Waals surface area contributed by atoms with Crippen LogP contribution in [0.3, 0.4) is 0 Å². The van der Waals surface area contributed by atoms with E-state index in [0.29, 0.717) is 11.6 Å². The predicted octanol–water partition coefficient (Wildman–Crippen LogP) is 7.58. The molecule has 1 N–H and O–H groups in total. The number of ether oxygens (including phenoxy) is 1. The van der Waals surface area contributed by atoms with Crippen molar-refractivity contribution in [3.05, 3.63) is 99.9 Å². The van der Waals surface area contributed by atoms with Gasteiger partial charge in [0.2, 0.25) is 0 Å². The fourth-order valence-corrected chi connectivity index (χ4v) is 5.09. The number of nitrogens with one attached hydrogen (secondary N) is 1. The number of thioether (sulfide) groups is 1. The highest BCUT2D eigenvalue weighted by molar-refractivity contribution is 8.01. The fraction of sp³-hybridized carbons (Fsp3) is 0.207. The lowest BCUT2D eigenvalue weighted by Crippen LogP contribution is -2.19. The lowest BCUT2D eigenvalue weighted by molar-refractivity contribution is -0.118.